The average Bonchev–Trinajstić information content (AvgIpc) is 2.74. The van der Waals surface area contributed by atoms with E-state index in [1.54, 1.807) is 12.3 Å². The summed E-state index contributed by atoms with van der Waals surface area (Å²) in [5, 5.41) is 2.90. The molecule has 1 amide bonds. The number of morpholine rings is 1. The van der Waals surface area contributed by atoms with Gasteiger partial charge in [-0.25, -0.2) is 4.98 Å². The number of methoxy groups -OCH3 is 1. The molecule has 1 atom stereocenters. The van der Waals surface area contributed by atoms with Gasteiger partial charge in [-0.3, -0.25) is 9.59 Å². The lowest BCUT2D eigenvalue weighted by Crippen LogP contribution is -2.36. The number of pyridine rings is 1. The molecule has 28 heavy (non-hydrogen) atoms. The van der Waals surface area contributed by atoms with Gasteiger partial charge in [0.1, 0.15) is 5.82 Å². The van der Waals surface area contributed by atoms with Gasteiger partial charge in [0.25, 0.3) is 5.91 Å². The molecule has 1 aliphatic heterocycles. The lowest BCUT2D eigenvalue weighted by atomic mass is 10.0. The van der Waals surface area contributed by atoms with Crippen molar-refractivity contribution in [2.75, 3.05) is 38.3 Å². The van der Waals surface area contributed by atoms with Gasteiger partial charge in [0.2, 0.25) is 0 Å². The molecule has 1 aromatic heterocycles. The molecule has 1 aliphatic rings. The number of ether oxygens (including phenoxy) is 2. The molecule has 1 saturated heterocycles. The molecule has 0 aliphatic carbocycles. The Morgan fingerprint density at radius 2 is 1.93 bits per heavy atom. The van der Waals surface area contributed by atoms with Crippen LogP contribution in [0.15, 0.2) is 47.1 Å². The first-order valence-electron chi connectivity index (χ1n) is 8.98. The Balaban J connectivity index is 1.71. The molecule has 1 aromatic carbocycles. The minimum atomic E-state index is -0.494. The number of halogens is 1. The summed E-state index contributed by atoms with van der Waals surface area (Å²) in [7, 11) is 1.33. The van der Waals surface area contributed by atoms with Crippen LogP contribution in [0.2, 0.25) is 0 Å². The van der Waals surface area contributed by atoms with E-state index in [0.29, 0.717) is 18.8 Å². The summed E-state index contributed by atoms with van der Waals surface area (Å²) in [6.07, 6.45) is 1.60. The van der Waals surface area contributed by atoms with Crippen molar-refractivity contribution in [3.63, 3.8) is 0 Å². The Morgan fingerprint density at radius 1 is 1.21 bits per heavy atom. The number of nitrogens with one attached hydrogen (secondary N) is 1. The van der Waals surface area contributed by atoms with Crippen molar-refractivity contribution in [2.45, 2.75) is 12.5 Å². The number of carbonyl (C=O) groups excluding carboxylic acids is 2. The highest BCUT2D eigenvalue weighted by Gasteiger charge is 2.20. The molecule has 0 saturated carbocycles. The van der Waals surface area contributed by atoms with E-state index in [1.807, 2.05) is 30.3 Å². The van der Waals surface area contributed by atoms with Crippen LogP contribution in [0.3, 0.4) is 0 Å². The van der Waals surface area contributed by atoms with Crippen molar-refractivity contribution >= 4 is 33.6 Å². The van der Waals surface area contributed by atoms with Gasteiger partial charge in [0, 0.05) is 23.8 Å². The number of hydrogen-bond donors (Lipinski definition) is 1. The number of nitrogens with zero attached hydrogens (tertiary/aromatic N) is 2. The first-order valence-corrected chi connectivity index (χ1v) is 9.78. The molecular weight excluding hydrogens is 426 g/mol. The second-order valence-corrected chi connectivity index (χ2v) is 7.28. The summed E-state index contributed by atoms with van der Waals surface area (Å²) in [5.41, 5.74) is 1.25. The van der Waals surface area contributed by atoms with Gasteiger partial charge in [0.05, 0.1) is 38.3 Å². The van der Waals surface area contributed by atoms with Crippen LogP contribution in [-0.4, -0.2) is 50.3 Å². The van der Waals surface area contributed by atoms with E-state index >= 15 is 0 Å². The van der Waals surface area contributed by atoms with Gasteiger partial charge in [-0.2, -0.15) is 0 Å². The molecule has 0 radical (unpaired) electrons. The van der Waals surface area contributed by atoms with E-state index in [-0.39, 0.29) is 12.3 Å². The topological polar surface area (TPSA) is 80.8 Å². The summed E-state index contributed by atoms with van der Waals surface area (Å²) in [6.45, 7) is 2.91. The van der Waals surface area contributed by atoms with Gasteiger partial charge in [-0.1, -0.05) is 28.1 Å². The van der Waals surface area contributed by atoms with Crippen LogP contribution in [0.5, 0.6) is 0 Å². The van der Waals surface area contributed by atoms with Crippen LogP contribution in [0.25, 0.3) is 0 Å². The second kappa shape index (κ2) is 9.66. The maximum Gasteiger partial charge on any atom is 0.307 e. The SMILES string of the molecule is COC(=O)C[C@@H](NC(=O)c1ccc(N2CCOCC2)nc1)c1ccc(Br)cc1. The normalized spacial score (nSPS) is 15.0. The minimum absolute atomic E-state index is 0.0448. The van der Waals surface area contributed by atoms with E-state index in [2.05, 4.69) is 31.1 Å². The maximum absolute atomic E-state index is 12.7. The molecule has 148 valence electrons. The van der Waals surface area contributed by atoms with Crippen LogP contribution in [0.4, 0.5) is 5.82 Å². The predicted octanol–water partition coefficient (Wildman–Crippen LogP) is 2.71. The quantitative estimate of drug-likeness (QED) is 0.685. The Hall–Kier alpha value is -2.45. The summed E-state index contributed by atoms with van der Waals surface area (Å²) in [5.74, 6) is 0.130. The van der Waals surface area contributed by atoms with Gasteiger partial charge >= 0.3 is 5.97 Å². The zero-order valence-electron chi connectivity index (χ0n) is 15.6. The average molecular weight is 448 g/mol. The molecule has 0 spiro atoms. The summed E-state index contributed by atoms with van der Waals surface area (Å²) >= 11 is 3.39. The number of amides is 1. The standard InChI is InChI=1S/C20H22BrN3O4/c1-27-19(25)12-17(14-2-5-16(21)6-3-14)23-20(26)15-4-7-18(22-13-15)24-8-10-28-11-9-24/h2-7,13,17H,8-12H2,1H3,(H,23,26)/t17-/m1/s1. The smallest absolute Gasteiger partial charge is 0.307 e. The van der Waals surface area contributed by atoms with Crippen molar-refractivity contribution in [2.24, 2.45) is 0 Å². The van der Waals surface area contributed by atoms with Crippen LogP contribution in [-0.2, 0) is 14.3 Å². The first-order chi connectivity index (χ1) is 13.6. The summed E-state index contributed by atoms with van der Waals surface area (Å²) in [4.78, 5) is 31.0. The molecule has 2 heterocycles. The Bertz CT molecular complexity index is 805. The van der Waals surface area contributed by atoms with Crippen LogP contribution in [0, 0.1) is 0 Å². The monoisotopic (exact) mass is 447 g/mol. The minimum Gasteiger partial charge on any atom is -0.469 e. The molecule has 2 aromatic rings. The van der Waals surface area contributed by atoms with Crippen molar-refractivity contribution in [1.29, 1.82) is 0 Å². The largest absolute Gasteiger partial charge is 0.469 e. The number of carbonyl (C=O) groups is 2. The van der Waals surface area contributed by atoms with E-state index < -0.39 is 12.0 Å². The van der Waals surface area contributed by atoms with Crippen LogP contribution in [0.1, 0.15) is 28.4 Å². The van der Waals surface area contributed by atoms with Crippen molar-refractivity contribution < 1.29 is 19.1 Å². The molecule has 1 fully saturated rings. The zero-order valence-corrected chi connectivity index (χ0v) is 17.1. The molecule has 8 heteroatoms. The van der Waals surface area contributed by atoms with Crippen LogP contribution < -0.4 is 10.2 Å². The molecule has 3 rings (SSSR count). The van der Waals surface area contributed by atoms with Crippen molar-refractivity contribution in [3.05, 3.63) is 58.2 Å². The number of aromatic nitrogens is 1. The predicted molar refractivity (Wildman–Crippen MR) is 108 cm³/mol. The summed E-state index contributed by atoms with van der Waals surface area (Å²) in [6, 6.07) is 10.5. The lowest BCUT2D eigenvalue weighted by molar-refractivity contribution is -0.141. The van der Waals surface area contributed by atoms with Gasteiger partial charge in [-0.15, -0.1) is 0 Å². The highest BCUT2D eigenvalue weighted by atomic mass is 79.9. The zero-order chi connectivity index (χ0) is 19.9. The second-order valence-electron chi connectivity index (χ2n) is 6.36. The van der Waals surface area contributed by atoms with Gasteiger partial charge in [0.15, 0.2) is 0 Å². The molecular formula is C20H22BrN3O4. The highest BCUT2D eigenvalue weighted by molar-refractivity contribution is 9.10. The fourth-order valence-electron chi connectivity index (χ4n) is 2.94. The molecule has 0 bridgehead atoms. The summed E-state index contributed by atoms with van der Waals surface area (Å²) < 4.78 is 11.0. The van der Waals surface area contributed by atoms with E-state index in [1.165, 1.54) is 7.11 Å². The Kier molecular flexibility index (Phi) is 7.00. The third-order valence-electron chi connectivity index (χ3n) is 4.52. The number of rotatable bonds is 6. The van der Waals surface area contributed by atoms with E-state index in [0.717, 1.165) is 28.9 Å². The fourth-order valence-corrected chi connectivity index (χ4v) is 3.20. The number of esters is 1. The van der Waals surface area contributed by atoms with E-state index in [4.69, 9.17) is 9.47 Å². The van der Waals surface area contributed by atoms with E-state index in [9.17, 15) is 9.59 Å². The molecule has 7 nitrogen and oxygen atoms in total. The van der Waals surface area contributed by atoms with Crippen LogP contribution >= 0.6 is 15.9 Å². The first kappa shape index (κ1) is 20.3. The van der Waals surface area contributed by atoms with Crippen molar-refractivity contribution in [1.82, 2.24) is 10.3 Å². The molecule has 0 unspecified atom stereocenters. The third-order valence-corrected chi connectivity index (χ3v) is 5.05. The third kappa shape index (κ3) is 5.30. The maximum atomic E-state index is 12.7. The van der Waals surface area contributed by atoms with Gasteiger partial charge < -0.3 is 19.7 Å². The van der Waals surface area contributed by atoms with Gasteiger partial charge in [-0.05, 0) is 29.8 Å². The highest BCUT2D eigenvalue weighted by Crippen LogP contribution is 2.21. The lowest BCUT2D eigenvalue weighted by Gasteiger charge is -2.27. The fraction of sp³-hybridized carbons (Fsp3) is 0.350. The Morgan fingerprint density at radius 3 is 2.54 bits per heavy atom. The Labute approximate surface area is 172 Å². The van der Waals surface area contributed by atoms with Crippen molar-refractivity contribution in [3.8, 4) is 0 Å². The number of benzene rings is 1. The molecule has 1 N–H and O–H groups in total. The number of hydrogen-bond acceptors (Lipinski definition) is 6. The number of anilines is 1.